The lowest BCUT2D eigenvalue weighted by molar-refractivity contribution is 0.540. The number of pyridine rings is 1. The molecule has 0 saturated carbocycles. The fourth-order valence-electron chi connectivity index (χ4n) is 4.41. The number of aromatic nitrogens is 6. The summed E-state index contributed by atoms with van der Waals surface area (Å²) in [4.78, 5) is 11.6. The molecule has 7 nitrogen and oxygen atoms in total. The Bertz CT molecular complexity index is 1150. The largest absolute Gasteiger partial charge is 0.372 e. The van der Waals surface area contributed by atoms with E-state index in [2.05, 4.69) is 46.2 Å². The number of nitrogens with zero attached hydrogens (tertiary/aromatic N) is 7. The van der Waals surface area contributed by atoms with Crippen LogP contribution in [-0.4, -0.2) is 42.6 Å². The number of hydrogen-bond donors (Lipinski definition) is 0. The van der Waals surface area contributed by atoms with Crippen LogP contribution in [0.1, 0.15) is 49.2 Å². The molecule has 4 heterocycles. The van der Waals surface area contributed by atoms with Crippen molar-refractivity contribution in [1.82, 2.24) is 29.5 Å². The molecular weight excluding hydrogens is 398 g/mol. The second-order valence-electron chi connectivity index (χ2n) is 8.55. The number of piperidine rings is 1. The molecular formula is C25H29N7. The summed E-state index contributed by atoms with van der Waals surface area (Å²) in [5, 5.41) is 9.26. The van der Waals surface area contributed by atoms with E-state index >= 15 is 0 Å². The van der Waals surface area contributed by atoms with Gasteiger partial charge >= 0.3 is 0 Å². The lowest BCUT2D eigenvalue weighted by Gasteiger charge is -2.28. The zero-order chi connectivity index (χ0) is 21.9. The number of anilines is 1. The Labute approximate surface area is 188 Å². The summed E-state index contributed by atoms with van der Waals surface area (Å²) < 4.78 is 3.86. The van der Waals surface area contributed by atoms with E-state index < -0.39 is 0 Å². The average Bonchev–Trinajstić information content (AvgIpc) is 3.46. The number of rotatable bonds is 6. The second-order valence-corrected chi connectivity index (χ2v) is 8.55. The van der Waals surface area contributed by atoms with Crippen LogP contribution in [0.25, 0.3) is 11.4 Å². The molecule has 1 aliphatic heterocycles. The predicted octanol–water partition coefficient (Wildman–Crippen LogP) is 4.26. The smallest absolute Gasteiger partial charge is 0.181 e. The lowest BCUT2D eigenvalue weighted by atomic mass is 10.1. The van der Waals surface area contributed by atoms with Crippen molar-refractivity contribution < 1.29 is 0 Å². The monoisotopic (exact) mass is 427 g/mol. The van der Waals surface area contributed by atoms with Crippen LogP contribution in [0.15, 0.2) is 61.2 Å². The summed E-state index contributed by atoms with van der Waals surface area (Å²) in [6.45, 7) is 4.44. The highest BCUT2D eigenvalue weighted by molar-refractivity contribution is 5.60. The molecule has 3 aromatic heterocycles. The summed E-state index contributed by atoms with van der Waals surface area (Å²) in [6, 6.07) is 12.8. The molecule has 0 spiro atoms. The molecule has 1 saturated heterocycles. The minimum atomic E-state index is 0.0542. The van der Waals surface area contributed by atoms with Crippen LogP contribution < -0.4 is 4.90 Å². The molecule has 164 valence electrons. The maximum Gasteiger partial charge on any atom is 0.181 e. The summed E-state index contributed by atoms with van der Waals surface area (Å²) in [5.41, 5.74) is 4.60. The third-order valence-corrected chi connectivity index (χ3v) is 6.22. The van der Waals surface area contributed by atoms with Crippen molar-refractivity contribution in [3.8, 4) is 11.4 Å². The van der Waals surface area contributed by atoms with E-state index in [4.69, 9.17) is 10.1 Å². The maximum atomic E-state index is 4.96. The normalized spacial score (nSPS) is 15.1. The molecule has 1 fully saturated rings. The van der Waals surface area contributed by atoms with Crippen molar-refractivity contribution in [2.45, 2.75) is 38.6 Å². The molecule has 0 radical (unpaired) electrons. The molecule has 7 heteroatoms. The molecule has 0 aliphatic carbocycles. The van der Waals surface area contributed by atoms with Crippen LogP contribution in [0.2, 0.25) is 0 Å². The molecule has 5 rings (SSSR count). The topological polar surface area (TPSA) is 64.7 Å². The number of benzene rings is 1. The minimum Gasteiger partial charge on any atom is -0.372 e. The van der Waals surface area contributed by atoms with E-state index in [1.165, 1.54) is 24.9 Å². The van der Waals surface area contributed by atoms with Crippen LogP contribution in [-0.2, 0) is 13.5 Å². The molecule has 32 heavy (non-hydrogen) atoms. The first-order valence-corrected chi connectivity index (χ1v) is 11.4. The summed E-state index contributed by atoms with van der Waals surface area (Å²) in [7, 11) is 1.93. The van der Waals surface area contributed by atoms with Gasteiger partial charge in [-0.2, -0.15) is 10.2 Å². The highest BCUT2D eigenvalue weighted by Crippen LogP contribution is 2.26. The first-order valence-electron chi connectivity index (χ1n) is 11.4. The molecule has 0 amide bonds. The van der Waals surface area contributed by atoms with Crippen molar-refractivity contribution in [2.24, 2.45) is 7.05 Å². The Morgan fingerprint density at radius 3 is 2.41 bits per heavy atom. The van der Waals surface area contributed by atoms with Gasteiger partial charge in [-0.3, -0.25) is 9.67 Å². The molecule has 4 aromatic rings. The van der Waals surface area contributed by atoms with Gasteiger partial charge in [0.05, 0.1) is 12.2 Å². The molecule has 1 aliphatic rings. The van der Waals surface area contributed by atoms with Crippen LogP contribution in [0.5, 0.6) is 0 Å². The highest BCUT2D eigenvalue weighted by Gasteiger charge is 2.19. The van der Waals surface area contributed by atoms with E-state index in [9.17, 15) is 0 Å². The van der Waals surface area contributed by atoms with Gasteiger partial charge in [-0.25, -0.2) is 9.67 Å². The third-order valence-electron chi connectivity index (χ3n) is 6.22. The van der Waals surface area contributed by atoms with Crippen molar-refractivity contribution in [3.05, 3.63) is 78.1 Å². The standard InChI is InChI=1S/C25H29N7/c1-19(21-10-12-26-13-11-21)32-24(16-20-17-27-30(2)18-20)28-25(29-32)22-6-8-23(9-7-22)31-14-4-3-5-15-31/h6-13,17-19H,3-5,14-16H2,1-2H3. The Hall–Kier alpha value is -3.48. The predicted molar refractivity (Wildman–Crippen MR) is 126 cm³/mol. The Kier molecular flexibility index (Phi) is 5.71. The SMILES string of the molecule is CC(c1ccncc1)n1nc(-c2ccc(N3CCCCC3)cc2)nc1Cc1cnn(C)c1. The van der Waals surface area contributed by atoms with Crippen LogP contribution >= 0.6 is 0 Å². The van der Waals surface area contributed by atoms with Gasteiger partial charge in [0.2, 0.25) is 0 Å². The average molecular weight is 428 g/mol. The van der Waals surface area contributed by atoms with Crippen molar-refractivity contribution in [2.75, 3.05) is 18.0 Å². The quantitative estimate of drug-likeness (QED) is 0.460. The van der Waals surface area contributed by atoms with Gasteiger partial charge in [-0.05, 0) is 73.7 Å². The van der Waals surface area contributed by atoms with E-state index in [-0.39, 0.29) is 6.04 Å². The van der Waals surface area contributed by atoms with Crippen molar-refractivity contribution in [1.29, 1.82) is 0 Å². The van der Waals surface area contributed by atoms with Crippen LogP contribution in [0.4, 0.5) is 5.69 Å². The summed E-state index contributed by atoms with van der Waals surface area (Å²) in [6.07, 6.45) is 12.1. The second kappa shape index (κ2) is 8.94. The Balaban J connectivity index is 1.47. The number of hydrogen-bond acceptors (Lipinski definition) is 5. The Morgan fingerprint density at radius 1 is 0.969 bits per heavy atom. The molecule has 1 aromatic carbocycles. The van der Waals surface area contributed by atoms with Gasteiger partial charge in [-0.15, -0.1) is 0 Å². The van der Waals surface area contributed by atoms with Crippen molar-refractivity contribution >= 4 is 5.69 Å². The summed E-state index contributed by atoms with van der Waals surface area (Å²) in [5.74, 6) is 1.69. The minimum absolute atomic E-state index is 0.0542. The number of aryl methyl sites for hydroxylation is 1. The van der Waals surface area contributed by atoms with Gasteiger partial charge in [-0.1, -0.05) is 0 Å². The zero-order valence-electron chi connectivity index (χ0n) is 18.7. The van der Waals surface area contributed by atoms with Crippen molar-refractivity contribution in [3.63, 3.8) is 0 Å². The molecule has 0 bridgehead atoms. The van der Waals surface area contributed by atoms with Gasteiger partial charge < -0.3 is 4.90 Å². The third kappa shape index (κ3) is 4.28. The van der Waals surface area contributed by atoms with Gasteiger partial charge in [0.25, 0.3) is 0 Å². The lowest BCUT2D eigenvalue weighted by Crippen LogP contribution is -2.29. The van der Waals surface area contributed by atoms with E-state index in [0.29, 0.717) is 6.42 Å². The first-order chi connectivity index (χ1) is 15.7. The van der Waals surface area contributed by atoms with Gasteiger partial charge in [0.15, 0.2) is 5.82 Å². The fourth-order valence-corrected chi connectivity index (χ4v) is 4.41. The van der Waals surface area contributed by atoms with E-state index in [1.807, 2.05) is 53.3 Å². The van der Waals surface area contributed by atoms with Crippen LogP contribution in [0.3, 0.4) is 0 Å². The van der Waals surface area contributed by atoms with E-state index in [1.54, 1.807) is 0 Å². The molecule has 0 N–H and O–H groups in total. The zero-order valence-corrected chi connectivity index (χ0v) is 18.7. The highest BCUT2D eigenvalue weighted by atomic mass is 15.4. The van der Waals surface area contributed by atoms with Gasteiger partial charge in [0, 0.05) is 56.4 Å². The molecule has 1 unspecified atom stereocenters. The fraction of sp³-hybridized carbons (Fsp3) is 0.360. The Morgan fingerprint density at radius 2 is 1.72 bits per heavy atom. The van der Waals surface area contributed by atoms with Crippen LogP contribution in [0, 0.1) is 0 Å². The maximum absolute atomic E-state index is 4.96. The first kappa shape index (κ1) is 20.4. The van der Waals surface area contributed by atoms with E-state index in [0.717, 1.165) is 41.4 Å². The molecule has 1 atom stereocenters. The summed E-state index contributed by atoms with van der Waals surface area (Å²) >= 11 is 0. The van der Waals surface area contributed by atoms with Gasteiger partial charge in [0.1, 0.15) is 5.82 Å².